The summed E-state index contributed by atoms with van der Waals surface area (Å²) in [4.78, 5) is 23.0. The van der Waals surface area contributed by atoms with Crippen molar-refractivity contribution < 1.29 is 19.1 Å². The predicted octanol–water partition coefficient (Wildman–Crippen LogP) is 2.77. The van der Waals surface area contributed by atoms with Gasteiger partial charge in [0.1, 0.15) is 5.82 Å². The van der Waals surface area contributed by atoms with E-state index in [0.717, 1.165) is 6.07 Å². The molecule has 1 amide bonds. The number of carbonyl (C=O) groups excluding carboxylic acids is 1. The van der Waals surface area contributed by atoms with Crippen LogP contribution < -0.4 is 5.32 Å². The van der Waals surface area contributed by atoms with Gasteiger partial charge < -0.3 is 10.4 Å². The van der Waals surface area contributed by atoms with Gasteiger partial charge in [-0.3, -0.25) is 9.59 Å². The highest BCUT2D eigenvalue weighted by Crippen LogP contribution is 2.58. The van der Waals surface area contributed by atoms with Crippen LogP contribution in [0.15, 0.2) is 18.2 Å². The fourth-order valence-electron chi connectivity index (χ4n) is 2.38. The van der Waals surface area contributed by atoms with E-state index in [4.69, 9.17) is 16.7 Å². The van der Waals surface area contributed by atoms with Crippen molar-refractivity contribution in [1.29, 1.82) is 0 Å². The summed E-state index contributed by atoms with van der Waals surface area (Å²) in [7, 11) is 0. The summed E-state index contributed by atoms with van der Waals surface area (Å²) in [5.74, 6) is -3.36. The third kappa shape index (κ3) is 2.42. The molecular formula is C13H13ClFNO3. The minimum absolute atomic E-state index is 0.0341. The largest absolute Gasteiger partial charge is 0.481 e. The molecule has 1 aromatic carbocycles. The van der Waals surface area contributed by atoms with Crippen LogP contribution in [0, 0.1) is 23.1 Å². The zero-order chi connectivity index (χ0) is 14.4. The highest BCUT2D eigenvalue weighted by molar-refractivity contribution is 6.30. The van der Waals surface area contributed by atoms with E-state index in [2.05, 4.69) is 5.32 Å². The molecule has 19 heavy (non-hydrogen) atoms. The standard InChI is InChI=1S/C13H13ClFNO3/c1-13(2)9(10(13)12(18)19)11(17)16-6-3-4-7(14)8(15)5-6/h3-5,9-10H,1-2H3,(H,16,17)(H,18,19)/t9-,10+/m1/s1. The Balaban J connectivity index is 2.10. The second kappa shape index (κ2) is 4.49. The lowest BCUT2D eigenvalue weighted by Gasteiger charge is -2.06. The van der Waals surface area contributed by atoms with Gasteiger partial charge in [-0.2, -0.15) is 0 Å². The number of hydrogen-bond donors (Lipinski definition) is 2. The molecule has 2 atom stereocenters. The van der Waals surface area contributed by atoms with Crippen molar-refractivity contribution in [3.05, 3.63) is 29.0 Å². The van der Waals surface area contributed by atoms with E-state index in [1.165, 1.54) is 12.1 Å². The molecular weight excluding hydrogens is 273 g/mol. The highest BCUT2D eigenvalue weighted by Gasteiger charge is 2.65. The van der Waals surface area contributed by atoms with Crippen LogP contribution in [0.4, 0.5) is 10.1 Å². The van der Waals surface area contributed by atoms with E-state index in [0.29, 0.717) is 0 Å². The summed E-state index contributed by atoms with van der Waals surface area (Å²) < 4.78 is 13.2. The number of benzene rings is 1. The van der Waals surface area contributed by atoms with Crippen LogP contribution in [0.5, 0.6) is 0 Å². The minimum Gasteiger partial charge on any atom is -0.481 e. The molecule has 0 bridgehead atoms. The molecule has 0 heterocycles. The molecule has 0 radical (unpaired) electrons. The molecule has 1 aliphatic rings. The third-order valence-electron chi connectivity index (χ3n) is 3.56. The summed E-state index contributed by atoms with van der Waals surface area (Å²) in [6.07, 6.45) is 0. The van der Waals surface area contributed by atoms with Gasteiger partial charge in [0.15, 0.2) is 0 Å². The Bertz CT molecular complexity index is 559. The van der Waals surface area contributed by atoms with Crippen molar-refractivity contribution in [3.63, 3.8) is 0 Å². The number of rotatable bonds is 3. The van der Waals surface area contributed by atoms with Gasteiger partial charge in [-0.25, -0.2) is 4.39 Å². The van der Waals surface area contributed by atoms with Crippen LogP contribution in [0.1, 0.15) is 13.8 Å². The average molecular weight is 286 g/mol. The predicted molar refractivity (Wildman–Crippen MR) is 68.4 cm³/mol. The number of halogens is 2. The lowest BCUT2D eigenvalue weighted by Crippen LogP contribution is -2.17. The first-order valence-corrected chi connectivity index (χ1v) is 6.11. The smallest absolute Gasteiger partial charge is 0.307 e. The van der Waals surface area contributed by atoms with Crippen molar-refractivity contribution in [2.24, 2.45) is 17.3 Å². The van der Waals surface area contributed by atoms with E-state index in [1.807, 2.05) is 0 Å². The highest BCUT2D eigenvalue weighted by atomic mass is 35.5. The fraction of sp³-hybridized carbons (Fsp3) is 0.385. The first kappa shape index (κ1) is 13.8. The number of hydrogen-bond acceptors (Lipinski definition) is 2. The van der Waals surface area contributed by atoms with E-state index in [1.54, 1.807) is 13.8 Å². The maximum atomic E-state index is 13.2. The quantitative estimate of drug-likeness (QED) is 0.897. The molecule has 1 saturated carbocycles. The molecule has 0 aromatic heterocycles. The Morgan fingerprint density at radius 3 is 2.47 bits per heavy atom. The van der Waals surface area contributed by atoms with E-state index < -0.39 is 34.9 Å². The monoisotopic (exact) mass is 285 g/mol. The van der Waals surface area contributed by atoms with Crippen LogP contribution in [-0.2, 0) is 9.59 Å². The molecule has 2 N–H and O–H groups in total. The molecule has 4 nitrogen and oxygen atoms in total. The van der Waals surface area contributed by atoms with Gasteiger partial charge in [-0.1, -0.05) is 25.4 Å². The number of nitrogens with one attached hydrogen (secondary N) is 1. The Morgan fingerprint density at radius 1 is 1.37 bits per heavy atom. The molecule has 1 fully saturated rings. The Hall–Kier alpha value is -1.62. The molecule has 1 aliphatic carbocycles. The molecule has 6 heteroatoms. The summed E-state index contributed by atoms with van der Waals surface area (Å²) >= 11 is 5.54. The number of carboxylic acid groups (broad SMARTS) is 1. The summed E-state index contributed by atoms with van der Waals surface area (Å²) in [5, 5.41) is 11.5. The van der Waals surface area contributed by atoms with Crippen molar-refractivity contribution in [3.8, 4) is 0 Å². The van der Waals surface area contributed by atoms with Gasteiger partial charge in [0, 0.05) is 5.69 Å². The zero-order valence-electron chi connectivity index (χ0n) is 10.4. The third-order valence-corrected chi connectivity index (χ3v) is 3.87. The summed E-state index contributed by atoms with van der Waals surface area (Å²) in [5.41, 5.74) is -0.320. The van der Waals surface area contributed by atoms with Crippen LogP contribution in [0.2, 0.25) is 5.02 Å². The SMILES string of the molecule is CC1(C)[C@H](C(=O)O)[C@@H]1C(=O)Nc1ccc(Cl)c(F)c1. The zero-order valence-corrected chi connectivity index (χ0v) is 11.2. The van der Waals surface area contributed by atoms with Crippen LogP contribution >= 0.6 is 11.6 Å². The van der Waals surface area contributed by atoms with Crippen molar-refractivity contribution in [2.45, 2.75) is 13.8 Å². The van der Waals surface area contributed by atoms with Crippen molar-refractivity contribution in [1.82, 2.24) is 0 Å². The van der Waals surface area contributed by atoms with Gasteiger partial charge in [0.2, 0.25) is 5.91 Å². The van der Waals surface area contributed by atoms with E-state index >= 15 is 0 Å². The Kier molecular flexibility index (Phi) is 3.26. The van der Waals surface area contributed by atoms with Crippen LogP contribution in [0.3, 0.4) is 0 Å². The van der Waals surface area contributed by atoms with E-state index in [-0.39, 0.29) is 10.7 Å². The second-order valence-corrected chi connectivity index (χ2v) is 5.64. The van der Waals surface area contributed by atoms with Gasteiger partial charge in [-0.15, -0.1) is 0 Å². The normalized spacial score (nSPS) is 23.8. The van der Waals surface area contributed by atoms with Gasteiger partial charge in [-0.05, 0) is 23.6 Å². The number of carboxylic acids is 1. The van der Waals surface area contributed by atoms with Gasteiger partial charge >= 0.3 is 5.97 Å². The van der Waals surface area contributed by atoms with Crippen LogP contribution in [0.25, 0.3) is 0 Å². The molecule has 0 unspecified atom stereocenters. The number of amides is 1. The summed E-state index contributed by atoms with van der Waals surface area (Å²) in [6, 6.07) is 3.90. The topological polar surface area (TPSA) is 66.4 Å². The Morgan fingerprint density at radius 2 is 2.00 bits per heavy atom. The molecule has 0 saturated heterocycles. The fourth-order valence-corrected chi connectivity index (χ4v) is 2.50. The number of anilines is 1. The lowest BCUT2D eigenvalue weighted by atomic mass is 10.1. The molecule has 0 aliphatic heterocycles. The van der Waals surface area contributed by atoms with Crippen molar-refractivity contribution >= 4 is 29.2 Å². The second-order valence-electron chi connectivity index (χ2n) is 5.23. The molecule has 102 valence electrons. The molecule has 1 aromatic rings. The molecule has 0 spiro atoms. The lowest BCUT2D eigenvalue weighted by molar-refractivity contribution is -0.140. The number of aliphatic carboxylic acids is 1. The molecule has 2 rings (SSSR count). The maximum absolute atomic E-state index is 13.2. The van der Waals surface area contributed by atoms with Gasteiger partial charge in [0.25, 0.3) is 0 Å². The summed E-state index contributed by atoms with van der Waals surface area (Å²) in [6.45, 7) is 3.44. The van der Waals surface area contributed by atoms with Gasteiger partial charge in [0.05, 0.1) is 16.9 Å². The van der Waals surface area contributed by atoms with Crippen LogP contribution in [-0.4, -0.2) is 17.0 Å². The number of carbonyl (C=O) groups is 2. The first-order chi connectivity index (χ1) is 8.75. The maximum Gasteiger partial charge on any atom is 0.307 e. The Labute approximate surface area is 114 Å². The van der Waals surface area contributed by atoms with E-state index in [9.17, 15) is 14.0 Å². The average Bonchev–Trinajstić information content (AvgIpc) is 2.87. The first-order valence-electron chi connectivity index (χ1n) is 5.74. The van der Waals surface area contributed by atoms with Crippen molar-refractivity contribution in [2.75, 3.05) is 5.32 Å². The minimum atomic E-state index is -0.993.